The zero-order valence-electron chi connectivity index (χ0n) is 11.3. The molecule has 0 aliphatic rings. The van der Waals surface area contributed by atoms with E-state index in [0.29, 0.717) is 5.75 Å². The summed E-state index contributed by atoms with van der Waals surface area (Å²) in [6.45, 7) is 2.84. The van der Waals surface area contributed by atoms with Gasteiger partial charge in [0.1, 0.15) is 11.5 Å². The average Bonchev–Trinajstić information content (AvgIpc) is 2.43. The zero-order chi connectivity index (χ0) is 13.7. The van der Waals surface area contributed by atoms with Crippen LogP contribution in [-0.2, 0) is 13.2 Å². The number of benzene rings is 2. The molecule has 0 heterocycles. The molecule has 0 spiro atoms. The summed E-state index contributed by atoms with van der Waals surface area (Å²) in [5.41, 5.74) is 3.10. The highest BCUT2D eigenvalue weighted by molar-refractivity contribution is 5.42. The smallest absolute Gasteiger partial charge is 0.132 e. The predicted octanol–water partition coefficient (Wildman–Crippen LogP) is 3.00. The molecule has 0 aromatic heterocycles. The Morgan fingerprint density at radius 1 is 1.11 bits per heavy atom. The molecular formula is C16H19NO2. The summed E-state index contributed by atoms with van der Waals surface area (Å²) < 4.78 is 5.88. The van der Waals surface area contributed by atoms with Crippen LogP contribution < -0.4 is 10.1 Å². The van der Waals surface area contributed by atoms with Gasteiger partial charge in [0, 0.05) is 12.1 Å². The van der Waals surface area contributed by atoms with Crippen LogP contribution in [0.3, 0.4) is 0 Å². The first-order chi connectivity index (χ1) is 9.24. The Bertz CT molecular complexity index is 552. The van der Waals surface area contributed by atoms with Crippen LogP contribution in [0.15, 0.2) is 42.5 Å². The molecule has 3 heteroatoms. The van der Waals surface area contributed by atoms with Crippen molar-refractivity contribution in [2.45, 2.75) is 20.1 Å². The van der Waals surface area contributed by atoms with E-state index in [2.05, 4.69) is 11.4 Å². The Balaban J connectivity index is 2.23. The molecule has 2 aromatic rings. The Kier molecular flexibility index (Phi) is 4.55. The van der Waals surface area contributed by atoms with Crippen LogP contribution in [0, 0.1) is 6.92 Å². The van der Waals surface area contributed by atoms with Gasteiger partial charge in [0.15, 0.2) is 0 Å². The van der Waals surface area contributed by atoms with Gasteiger partial charge in [-0.15, -0.1) is 0 Å². The number of ether oxygens (including phenoxy) is 1. The maximum atomic E-state index is 9.29. The highest BCUT2D eigenvalue weighted by Gasteiger charge is 2.06. The van der Waals surface area contributed by atoms with Crippen LogP contribution >= 0.6 is 0 Å². The second kappa shape index (κ2) is 6.36. The Morgan fingerprint density at radius 3 is 2.58 bits per heavy atom. The van der Waals surface area contributed by atoms with E-state index in [-0.39, 0.29) is 6.61 Å². The lowest BCUT2D eigenvalue weighted by Crippen LogP contribution is -2.05. The second-order valence-corrected chi connectivity index (χ2v) is 4.50. The molecule has 19 heavy (non-hydrogen) atoms. The zero-order valence-corrected chi connectivity index (χ0v) is 11.3. The van der Waals surface area contributed by atoms with E-state index in [1.807, 2.05) is 50.4 Å². The SMILES string of the molecule is CNCc1ccc(Oc2ccccc2CO)c(C)c1. The van der Waals surface area contributed by atoms with Crippen molar-refractivity contribution in [2.24, 2.45) is 0 Å². The summed E-state index contributed by atoms with van der Waals surface area (Å²) in [6.07, 6.45) is 0. The predicted molar refractivity (Wildman–Crippen MR) is 76.4 cm³/mol. The number of aliphatic hydroxyl groups excluding tert-OH is 1. The summed E-state index contributed by atoms with van der Waals surface area (Å²) in [7, 11) is 1.93. The van der Waals surface area contributed by atoms with Crippen molar-refractivity contribution in [2.75, 3.05) is 7.05 Å². The van der Waals surface area contributed by atoms with Gasteiger partial charge in [-0.05, 0) is 37.2 Å². The molecule has 3 nitrogen and oxygen atoms in total. The molecule has 0 unspecified atom stereocenters. The largest absolute Gasteiger partial charge is 0.457 e. The van der Waals surface area contributed by atoms with Gasteiger partial charge in [0.2, 0.25) is 0 Å². The summed E-state index contributed by atoms with van der Waals surface area (Å²) in [5.74, 6) is 1.52. The van der Waals surface area contributed by atoms with Crippen LogP contribution in [0.1, 0.15) is 16.7 Å². The van der Waals surface area contributed by atoms with Crippen molar-refractivity contribution in [3.63, 3.8) is 0 Å². The molecule has 0 aliphatic heterocycles. The number of aryl methyl sites for hydroxylation is 1. The number of rotatable bonds is 5. The van der Waals surface area contributed by atoms with Crippen LogP contribution in [0.4, 0.5) is 0 Å². The fourth-order valence-corrected chi connectivity index (χ4v) is 1.99. The third kappa shape index (κ3) is 3.34. The third-order valence-electron chi connectivity index (χ3n) is 2.98. The second-order valence-electron chi connectivity index (χ2n) is 4.50. The van der Waals surface area contributed by atoms with E-state index in [0.717, 1.165) is 23.4 Å². The van der Waals surface area contributed by atoms with Crippen LogP contribution in [0.5, 0.6) is 11.5 Å². The Hall–Kier alpha value is -1.84. The lowest BCUT2D eigenvalue weighted by molar-refractivity contribution is 0.276. The fraction of sp³-hybridized carbons (Fsp3) is 0.250. The lowest BCUT2D eigenvalue weighted by atomic mass is 10.1. The Morgan fingerprint density at radius 2 is 1.89 bits per heavy atom. The minimum Gasteiger partial charge on any atom is -0.457 e. The first-order valence-electron chi connectivity index (χ1n) is 6.35. The first kappa shape index (κ1) is 13.6. The average molecular weight is 257 g/mol. The highest BCUT2D eigenvalue weighted by atomic mass is 16.5. The number of hydrogen-bond acceptors (Lipinski definition) is 3. The van der Waals surface area contributed by atoms with Gasteiger partial charge < -0.3 is 15.2 Å². The van der Waals surface area contributed by atoms with Crippen LogP contribution in [0.2, 0.25) is 0 Å². The van der Waals surface area contributed by atoms with E-state index >= 15 is 0 Å². The molecule has 100 valence electrons. The summed E-state index contributed by atoms with van der Waals surface area (Å²) in [4.78, 5) is 0. The molecule has 2 aromatic carbocycles. The van der Waals surface area contributed by atoms with Crippen molar-refractivity contribution < 1.29 is 9.84 Å². The fourth-order valence-electron chi connectivity index (χ4n) is 1.99. The van der Waals surface area contributed by atoms with Gasteiger partial charge in [0.05, 0.1) is 6.61 Å². The molecule has 0 bridgehead atoms. The molecule has 0 aliphatic carbocycles. The molecule has 0 amide bonds. The molecule has 2 N–H and O–H groups in total. The van der Waals surface area contributed by atoms with Gasteiger partial charge in [-0.2, -0.15) is 0 Å². The summed E-state index contributed by atoms with van der Waals surface area (Å²) in [6, 6.07) is 13.6. The van der Waals surface area contributed by atoms with E-state index in [9.17, 15) is 5.11 Å². The monoisotopic (exact) mass is 257 g/mol. The normalized spacial score (nSPS) is 10.5. The van der Waals surface area contributed by atoms with E-state index in [4.69, 9.17) is 4.74 Å². The van der Waals surface area contributed by atoms with E-state index in [1.165, 1.54) is 5.56 Å². The molecule has 0 saturated heterocycles. The van der Waals surface area contributed by atoms with Gasteiger partial charge in [-0.1, -0.05) is 30.3 Å². The molecule has 0 fully saturated rings. The standard InChI is InChI=1S/C16H19NO2/c1-12-9-13(10-17-2)7-8-15(12)19-16-6-4-3-5-14(16)11-18/h3-9,17-18H,10-11H2,1-2H3. The molecule has 0 radical (unpaired) electrons. The maximum Gasteiger partial charge on any atom is 0.132 e. The lowest BCUT2D eigenvalue weighted by Gasteiger charge is -2.12. The third-order valence-corrected chi connectivity index (χ3v) is 2.98. The van der Waals surface area contributed by atoms with Crippen LogP contribution in [-0.4, -0.2) is 12.2 Å². The minimum absolute atomic E-state index is 0.0208. The van der Waals surface area contributed by atoms with E-state index in [1.54, 1.807) is 0 Å². The topological polar surface area (TPSA) is 41.5 Å². The van der Waals surface area contributed by atoms with Crippen LogP contribution in [0.25, 0.3) is 0 Å². The van der Waals surface area contributed by atoms with Gasteiger partial charge in [-0.3, -0.25) is 0 Å². The molecular weight excluding hydrogens is 238 g/mol. The molecule has 0 saturated carbocycles. The van der Waals surface area contributed by atoms with E-state index < -0.39 is 0 Å². The molecule has 0 atom stereocenters. The summed E-state index contributed by atoms with van der Waals surface area (Å²) >= 11 is 0. The van der Waals surface area contributed by atoms with Crippen molar-refractivity contribution in [1.82, 2.24) is 5.32 Å². The van der Waals surface area contributed by atoms with Gasteiger partial charge >= 0.3 is 0 Å². The van der Waals surface area contributed by atoms with Crippen molar-refractivity contribution in [1.29, 1.82) is 0 Å². The molecule has 2 rings (SSSR count). The highest BCUT2D eigenvalue weighted by Crippen LogP contribution is 2.28. The van der Waals surface area contributed by atoms with Crippen molar-refractivity contribution in [3.8, 4) is 11.5 Å². The number of aliphatic hydroxyl groups is 1. The number of hydrogen-bond donors (Lipinski definition) is 2. The number of nitrogens with one attached hydrogen (secondary N) is 1. The quantitative estimate of drug-likeness (QED) is 0.865. The number of para-hydroxylation sites is 1. The van der Waals surface area contributed by atoms with Crippen molar-refractivity contribution in [3.05, 3.63) is 59.2 Å². The minimum atomic E-state index is -0.0208. The Labute approximate surface area is 113 Å². The van der Waals surface area contributed by atoms with Crippen molar-refractivity contribution >= 4 is 0 Å². The van der Waals surface area contributed by atoms with Gasteiger partial charge in [0.25, 0.3) is 0 Å². The maximum absolute atomic E-state index is 9.29. The van der Waals surface area contributed by atoms with Gasteiger partial charge in [-0.25, -0.2) is 0 Å². The first-order valence-corrected chi connectivity index (χ1v) is 6.35. The summed E-state index contributed by atoms with van der Waals surface area (Å²) in [5, 5.41) is 12.4.